The van der Waals surface area contributed by atoms with Gasteiger partial charge in [0.25, 0.3) is 0 Å². The van der Waals surface area contributed by atoms with Gasteiger partial charge in [0.1, 0.15) is 18.5 Å². The fourth-order valence-corrected chi connectivity index (χ4v) is 1.45. The van der Waals surface area contributed by atoms with Crippen LogP contribution in [0.3, 0.4) is 0 Å². The average molecular weight is 206 g/mol. The summed E-state index contributed by atoms with van der Waals surface area (Å²) < 4.78 is 15.1. The summed E-state index contributed by atoms with van der Waals surface area (Å²) in [5.74, 6) is -0.239. The topological polar surface area (TPSA) is 42.7 Å². The van der Waals surface area contributed by atoms with Gasteiger partial charge in [-0.15, -0.1) is 0 Å². The third kappa shape index (κ3) is 1.87. The molecule has 78 valence electrons. The molecule has 0 saturated heterocycles. The van der Waals surface area contributed by atoms with Crippen LogP contribution in [-0.4, -0.2) is 21.8 Å². The van der Waals surface area contributed by atoms with Crippen molar-refractivity contribution < 1.29 is 4.39 Å². The molecule has 4 nitrogen and oxygen atoms in total. The van der Waals surface area contributed by atoms with Crippen LogP contribution in [0.4, 0.5) is 4.39 Å². The van der Waals surface area contributed by atoms with Gasteiger partial charge in [-0.1, -0.05) is 6.07 Å². The maximum atomic E-state index is 13.5. The predicted molar refractivity (Wildman–Crippen MR) is 54.1 cm³/mol. The molecule has 0 radical (unpaired) electrons. The molecule has 1 aromatic heterocycles. The number of aromatic nitrogens is 3. The van der Waals surface area contributed by atoms with Gasteiger partial charge < -0.3 is 5.32 Å². The molecule has 0 aliphatic heterocycles. The van der Waals surface area contributed by atoms with E-state index in [0.717, 1.165) is 0 Å². The molecule has 0 aliphatic rings. The van der Waals surface area contributed by atoms with Crippen molar-refractivity contribution in [1.82, 2.24) is 20.1 Å². The van der Waals surface area contributed by atoms with E-state index in [1.54, 1.807) is 24.1 Å². The molecule has 15 heavy (non-hydrogen) atoms. The second kappa shape index (κ2) is 4.18. The minimum absolute atomic E-state index is 0.239. The van der Waals surface area contributed by atoms with E-state index < -0.39 is 0 Å². The fourth-order valence-electron chi connectivity index (χ4n) is 1.45. The molecule has 0 bridgehead atoms. The molecule has 0 unspecified atom stereocenters. The largest absolute Gasteiger partial charge is 0.316 e. The van der Waals surface area contributed by atoms with Crippen molar-refractivity contribution in [3.63, 3.8) is 0 Å². The fraction of sp³-hybridized carbons (Fsp3) is 0.200. The molecule has 0 spiro atoms. The number of halogens is 1. The number of hydrogen-bond donors (Lipinski definition) is 1. The van der Waals surface area contributed by atoms with Crippen LogP contribution in [0.1, 0.15) is 5.56 Å². The predicted octanol–water partition coefficient (Wildman–Crippen LogP) is 1.13. The number of nitrogens with zero attached hydrogens (tertiary/aromatic N) is 3. The van der Waals surface area contributed by atoms with Crippen molar-refractivity contribution in [2.75, 3.05) is 7.05 Å². The molecule has 0 fully saturated rings. The van der Waals surface area contributed by atoms with Crippen LogP contribution >= 0.6 is 0 Å². The maximum Gasteiger partial charge on any atom is 0.138 e. The molecular formula is C10H11FN4. The van der Waals surface area contributed by atoms with E-state index in [4.69, 9.17) is 0 Å². The zero-order valence-corrected chi connectivity index (χ0v) is 8.31. The number of nitrogens with one attached hydrogen (secondary N) is 1. The first kappa shape index (κ1) is 9.79. The van der Waals surface area contributed by atoms with Crippen LogP contribution in [0.5, 0.6) is 0 Å². The van der Waals surface area contributed by atoms with Crippen molar-refractivity contribution in [3.05, 3.63) is 42.2 Å². The smallest absolute Gasteiger partial charge is 0.138 e. The molecule has 0 saturated carbocycles. The Kier molecular flexibility index (Phi) is 2.73. The zero-order valence-electron chi connectivity index (χ0n) is 8.31. The van der Waals surface area contributed by atoms with Crippen LogP contribution in [0.2, 0.25) is 0 Å². The molecule has 1 aromatic carbocycles. The van der Waals surface area contributed by atoms with Gasteiger partial charge in [0.15, 0.2) is 0 Å². The highest BCUT2D eigenvalue weighted by Gasteiger charge is 2.09. The summed E-state index contributed by atoms with van der Waals surface area (Å²) in [6.07, 6.45) is 2.97. The van der Waals surface area contributed by atoms with Gasteiger partial charge in [0.2, 0.25) is 0 Å². The zero-order chi connectivity index (χ0) is 10.7. The van der Waals surface area contributed by atoms with Crippen molar-refractivity contribution >= 4 is 0 Å². The Morgan fingerprint density at radius 2 is 2.33 bits per heavy atom. The molecule has 0 atom stereocenters. The van der Waals surface area contributed by atoms with Gasteiger partial charge in [0, 0.05) is 12.1 Å². The Hall–Kier alpha value is -1.75. The van der Waals surface area contributed by atoms with E-state index in [2.05, 4.69) is 15.4 Å². The van der Waals surface area contributed by atoms with E-state index in [0.29, 0.717) is 17.8 Å². The van der Waals surface area contributed by atoms with Crippen molar-refractivity contribution in [1.29, 1.82) is 0 Å². The van der Waals surface area contributed by atoms with Gasteiger partial charge in [-0.3, -0.25) is 0 Å². The summed E-state index contributed by atoms with van der Waals surface area (Å²) in [7, 11) is 1.78. The van der Waals surface area contributed by atoms with Crippen LogP contribution in [0.25, 0.3) is 5.69 Å². The van der Waals surface area contributed by atoms with Gasteiger partial charge in [-0.2, -0.15) is 5.10 Å². The van der Waals surface area contributed by atoms with Gasteiger partial charge >= 0.3 is 0 Å². The second-order valence-electron chi connectivity index (χ2n) is 3.11. The van der Waals surface area contributed by atoms with Gasteiger partial charge in [0.05, 0.1) is 5.69 Å². The van der Waals surface area contributed by atoms with E-state index in [9.17, 15) is 4.39 Å². The van der Waals surface area contributed by atoms with Crippen LogP contribution in [0, 0.1) is 5.82 Å². The molecule has 1 N–H and O–H groups in total. The molecule has 0 aliphatic carbocycles. The van der Waals surface area contributed by atoms with Crippen LogP contribution < -0.4 is 5.32 Å². The summed E-state index contributed by atoms with van der Waals surface area (Å²) in [6, 6.07) is 4.91. The summed E-state index contributed by atoms with van der Waals surface area (Å²) >= 11 is 0. The monoisotopic (exact) mass is 206 g/mol. The third-order valence-electron chi connectivity index (χ3n) is 2.11. The quantitative estimate of drug-likeness (QED) is 0.818. The summed E-state index contributed by atoms with van der Waals surface area (Å²) in [4.78, 5) is 3.84. The summed E-state index contributed by atoms with van der Waals surface area (Å²) in [5.41, 5.74) is 1.30. The highest BCUT2D eigenvalue weighted by Crippen LogP contribution is 2.16. The Labute approximate surface area is 86.8 Å². The summed E-state index contributed by atoms with van der Waals surface area (Å²) in [5, 5.41) is 6.91. The Morgan fingerprint density at radius 3 is 3.00 bits per heavy atom. The number of benzene rings is 1. The lowest BCUT2D eigenvalue weighted by atomic mass is 10.1. The standard InChI is InChI=1S/C10H11FN4/c1-12-5-8-9(11)3-2-4-10(8)15-7-13-6-14-15/h2-4,6-7,12H,5H2,1H3. The molecule has 0 amide bonds. The van der Waals surface area contributed by atoms with Crippen LogP contribution in [-0.2, 0) is 6.54 Å². The van der Waals surface area contributed by atoms with E-state index >= 15 is 0 Å². The Bertz CT molecular complexity index is 439. The SMILES string of the molecule is CNCc1c(F)cccc1-n1cncn1. The molecule has 1 heterocycles. The second-order valence-corrected chi connectivity index (χ2v) is 3.11. The summed E-state index contributed by atoms with van der Waals surface area (Å²) in [6.45, 7) is 0.460. The molecule has 2 rings (SSSR count). The van der Waals surface area contributed by atoms with E-state index in [-0.39, 0.29) is 5.82 Å². The van der Waals surface area contributed by atoms with Crippen molar-refractivity contribution in [2.24, 2.45) is 0 Å². The average Bonchev–Trinajstić information content (AvgIpc) is 2.74. The number of rotatable bonds is 3. The van der Waals surface area contributed by atoms with Crippen LogP contribution in [0.15, 0.2) is 30.9 Å². The van der Waals surface area contributed by atoms with Gasteiger partial charge in [-0.05, 0) is 19.2 Å². The Morgan fingerprint density at radius 1 is 1.47 bits per heavy atom. The maximum absolute atomic E-state index is 13.5. The Balaban J connectivity index is 2.51. The lowest BCUT2D eigenvalue weighted by Crippen LogP contribution is -2.11. The first-order chi connectivity index (χ1) is 7.33. The first-order valence-electron chi connectivity index (χ1n) is 4.60. The normalized spacial score (nSPS) is 10.5. The minimum Gasteiger partial charge on any atom is -0.316 e. The van der Waals surface area contributed by atoms with Crippen molar-refractivity contribution in [3.8, 4) is 5.69 Å². The van der Waals surface area contributed by atoms with Gasteiger partial charge in [-0.25, -0.2) is 14.1 Å². The lowest BCUT2D eigenvalue weighted by molar-refractivity contribution is 0.596. The lowest BCUT2D eigenvalue weighted by Gasteiger charge is -2.09. The minimum atomic E-state index is -0.239. The molecular weight excluding hydrogens is 195 g/mol. The highest BCUT2D eigenvalue weighted by atomic mass is 19.1. The van der Waals surface area contributed by atoms with Crippen molar-refractivity contribution in [2.45, 2.75) is 6.54 Å². The molecule has 5 heteroatoms. The van der Waals surface area contributed by atoms with E-state index in [1.165, 1.54) is 12.4 Å². The third-order valence-corrected chi connectivity index (χ3v) is 2.11. The molecule has 2 aromatic rings. The van der Waals surface area contributed by atoms with E-state index in [1.807, 2.05) is 6.07 Å². The number of hydrogen-bond acceptors (Lipinski definition) is 3. The highest BCUT2D eigenvalue weighted by molar-refractivity contribution is 5.40. The first-order valence-corrected chi connectivity index (χ1v) is 4.60.